The summed E-state index contributed by atoms with van der Waals surface area (Å²) in [6.07, 6.45) is 0. The number of fused-ring (bicyclic) bond motifs is 2. The quantitative estimate of drug-likeness (QED) is 0.228. The molecule has 1 heterocycles. The molecule has 0 fully saturated rings. The van der Waals surface area contributed by atoms with Gasteiger partial charge in [-0.25, -0.2) is 0 Å². The first-order chi connectivity index (χ1) is 21.5. The van der Waals surface area contributed by atoms with Crippen LogP contribution < -0.4 is 18.9 Å². The molecule has 44 heavy (non-hydrogen) atoms. The van der Waals surface area contributed by atoms with E-state index in [1.807, 2.05) is 0 Å². The van der Waals surface area contributed by atoms with Crippen LogP contribution in [0.2, 0.25) is 10.0 Å². The molecule has 0 radical (unpaired) electrons. The number of rotatable bonds is 4. The molecular formula is C34H30Cl2O8. The summed E-state index contributed by atoms with van der Waals surface area (Å²) < 4.78 is 35.1. The topological polar surface area (TPSA) is 89.5 Å². The van der Waals surface area contributed by atoms with Gasteiger partial charge in [-0.3, -0.25) is 9.59 Å². The van der Waals surface area contributed by atoms with Gasteiger partial charge in [-0.05, 0) is 60.7 Å². The molecule has 0 unspecified atom stereocenters. The van der Waals surface area contributed by atoms with Gasteiger partial charge in [-0.1, -0.05) is 47.5 Å². The van der Waals surface area contributed by atoms with E-state index in [0.717, 1.165) is 0 Å². The Balaban J connectivity index is 1.24. The second-order valence-corrected chi connectivity index (χ2v) is 10.4. The molecule has 0 amide bonds. The molecule has 0 aliphatic carbocycles. The van der Waals surface area contributed by atoms with E-state index in [0.29, 0.717) is 55.3 Å². The lowest BCUT2D eigenvalue weighted by Gasteiger charge is -2.16. The van der Waals surface area contributed by atoms with Crippen molar-refractivity contribution in [3.8, 4) is 23.0 Å². The SMILES string of the molecule is O=C(c1ccc2c(c1)OCCOCCOc1ccc(C(=O)c3ccccc3Cl)cc1OCCOCCO2)c1ccccc1Cl. The molecule has 0 saturated carbocycles. The third kappa shape index (κ3) is 8.09. The summed E-state index contributed by atoms with van der Waals surface area (Å²) in [5.41, 5.74) is 1.64. The zero-order chi connectivity index (χ0) is 30.7. The summed E-state index contributed by atoms with van der Waals surface area (Å²) in [4.78, 5) is 26.2. The summed E-state index contributed by atoms with van der Waals surface area (Å²) in [7, 11) is 0. The van der Waals surface area contributed by atoms with Crippen LogP contribution in [0, 0.1) is 0 Å². The van der Waals surface area contributed by atoms with Gasteiger partial charge >= 0.3 is 0 Å². The highest BCUT2D eigenvalue weighted by atomic mass is 35.5. The van der Waals surface area contributed by atoms with Crippen LogP contribution in [0.15, 0.2) is 84.9 Å². The maximum absolute atomic E-state index is 13.1. The van der Waals surface area contributed by atoms with Crippen LogP contribution in [0.25, 0.3) is 0 Å². The molecule has 8 nitrogen and oxygen atoms in total. The zero-order valence-electron chi connectivity index (χ0n) is 23.8. The van der Waals surface area contributed by atoms with Gasteiger partial charge in [-0.15, -0.1) is 0 Å². The molecule has 1 aliphatic rings. The van der Waals surface area contributed by atoms with Gasteiger partial charge in [0.2, 0.25) is 0 Å². The number of carbonyl (C=O) groups excluding carboxylic acids is 2. The van der Waals surface area contributed by atoms with Crippen molar-refractivity contribution in [3.63, 3.8) is 0 Å². The van der Waals surface area contributed by atoms with Gasteiger partial charge in [-0.2, -0.15) is 0 Å². The van der Waals surface area contributed by atoms with Crippen LogP contribution in [0.1, 0.15) is 31.8 Å². The maximum atomic E-state index is 13.1. The summed E-state index contributed by atoms with van der Waals surface area (Å²) in [5, 5.41) is 0.748. The predicted octanol–water partition coefficient (Wildman–Crippen LogP) is 6.72. The Morgan fingerprint density at radius 1 is 0.455 bits per heavy atom. The Morgan fingerprint density at radius 2 is 0.818 bits per heavy atom. The van der Waals surface area contributed by atoms with Gasteiger partial charge in [0.1, 0.15) is 26.4 Å². The number of hydrogen-bond donors (Lipinski definition) is 0. The van der Waals surface area contributed by atoms with Gasteiger partial charge in [0.05, 0.1) is 36.5 Å². The Morgan fingerprint density at radius 3 is 1.20 bits per heavy atom. The van der Waals surface area contributed by atoms with Crippen LogP contribution in [0.4, 0.5) is 0 Å². The van der Waals surface area contributed by atoms with Gasteiger partial charge in [0.15, 0.2) is 34.6 Å². The minimum Gasteiger partial charge on any atom is -0.487 e. The lowest BCUT2D eigenvalue weighted by atomic mass is 10.0. The molecule has 0 bridgehead atoms. The van der Waals surface area contributed by atoms with Gasteiger partial charge < -0.3 is 28.4 Å². The highest BCUT2D eigenvalue weighted by Gasteiger charge is 2.18. The van der Waals surface area contributed by atoms with Gasteiger partial charge in [0.25, 0.3) is 0 Å². The maximum Gasteiger partial charge on any atom is 0.194 e. The van der Waals surface area contributed by atoms with Crippen molar-refractivity contribution in [3.05, 3.63) is 117 Å². The van der Waals surface area contributed by atoms with E-state index in [1.54, 1.807) is 84.9 Å². The number of carbonyl (C=O) groups is 2. The number of ether oxygens (including phenoxy) is 6. The zero-order valence-corrected chi connectivity index (χ0v) is 25.3. The molecule has 228 valence electrons. The fourth-order valence-electron chi connectivity index (χ4n) is 4.41. The fourth-order valence-corrected chi connectivity index (χ4v) is 4.85. The average Bonchev–Trinajstić information content (AvgIpc) is 3.04. The number of hydrogen-bond acceptors (Lipinski definition) is 8. The van der Waals surface area contributed by atoms with Crippen molar-refractivity contribution in [1.29, 1.82) is 0 Å². The van der Waals surface area contributed by atoms with Crippen molar-refractivity contribution < 1.29 is 38.0 Å². The number of halogens is 2. The fraction of sp³-hybridized carbons (Fsp3) is 0.235. The third-order valence-electron chi connectivity index (χ3n) is 6.59. The molecule has 0 saturated heterocycles. The van der Waals surface area contributed by atoms with E-state index in [1.165, 1.54) is 0 Å². The van der Waals surface area contributed by atoms with Crippen molar-refractivity contribution >= 4 is 34.8 Å². The summed E-state index contributed by atoms with van der Waals surface area (Å²) >= 11 is 12.5. The highest BCUT2D eigenvalue weighted by molar-refractivity contribution is 6.35. The van der Waals surface area contributed by atoms with E-state index in [4.69, 9.17) is 51.6 Å². The van der Waals surface area contributed by atoms with Gasteiger partial charge in [0, 0.05) is 22.3 Å². The molecule has 0 spiro atoms. The molecule has 5 rings (SSSR count). The monoisotopic (exact) mass is 636 g/mol. The third-order valence-corrected chi connectivity index (χ3v) is 7.25. The molecule has 0 aromatic heterocycles. The van der Waals surface area contributed by atoms with Crippen molar-refractivity contribution in [2.75, 3.05) is 52.9 Å². The largest absolute Gasteiger partial charge is 0.487 e. The first-order valence-corrected chi connectivity index (χ1v) is 14.8. The Kier molecular flexibility index (Phi) is 11.1. The van der Waals surface area contributed by atoms with Crippen molar-refractivity contribution in [1.82, 2.24) is 0 Å². The first-order valence-electron chi connectivity index (χ1n) is 14.0. The molecule has 10 heteroatoms. The van der Waals surface area contributed by atoms with Crippen LogP contribution in [-0.2, 0) is 9.47 Å². The van der Waals surface area contributed by atoms with E-state index in [-0.39, 0.29) is 64.4 Å². The Labute approximate surface area is 265 Å². The van der Waals surface area contributed by atoms with Crippen molar-refractivity contribution in [2.45, 2.75) is 0 Å². The molecule has 0 atom stereocenters. The van der Waals surface area contributed by atoms with Crippen LogP contribution in [0.5, 0.6) is 23.0 Å². The minimum absolute atomic E-state index is 0.212. The summed E-state index contributed by atoms with van der Waals surface area (Å²) in [5.74, 6) is 1.30. The number of benzene rings is 4. The Bertz CT molecular complexity index is 1490. The number of ketones is 2. The van der Waals surface area contributed by atoms with E-state index in [9.17, 15) is 9.59 Å². The van der Waals surface area contributed by atoms with E-state index in [2.05, 4.69) is 0 Å². The standard InChI is InChI=1S/C34H30Cl2O8/c35-27-7-3-1-5-25(27)33(37)23-9-11-29-31(21-23)43-19-15-39-14-18-42-30-12-10-24(34(38)26-6-2-4-8-28(26)36)22-32(30)44-20-16-40-13-17-41-29/h1-12,21-22H,13-20H2. The molecule has 4 aromatic rings. The van der Waals surface area contributed by atoms with E-state index >= 15 is 0 Å². The highest BCUT2D eigenvalue weighted by Crippen LogP contribution is 2.32. The molecule has 0 N–H and O–H groups in total. The summed E-state index contributed by atoms with van der Waals surface area (Å²) in [6.45, 7) is 1.99. The minimum atomic E-state index is -0.223. The predicted molar refractivity (Wildman–Crippen MR) is 166 cm³/mol. The first kappa shape index (κ1) is 31.3. The second-order valence-electron chi connectivity index (χ2n) is 9.56. The normalized spacial score (nSPS) is 14.6. The molecular weight excluding hydrogens is 607 g/mol. The summed E-state index contributed by atoms with van der Waals surface area (Å²) in [6, 6.07) is 23.8. The molecule has 1 aliphatic heterocycles. The van der Waals surface area contributed by atoms with Crippen LogP contribution >= 0.6 is 23.2 Å². The van der Waals surface area contributed by atoms with Crippen LogP contribution in [0.3, 0.4) is 0 Å². The van der Waals surface area contributed by atoms with E-state index < -0.39 is 0 Å². The Hall–Kier alpha value is -4.08. The molecule has 4 aromatic carbocycles. The average molecular weight is 638 g/mol. The lowest BCUT2D eigenvalue weighted by molar-refractivity contribution is 0.0639. The second kappa shape index (κ2) is 15.6. The smallest absolute Gasteiger partial charge is 0.194 e. The van der Waals surface area contributed by atoms with Crippen LogP contribution in [-0.4, -0.2) is 64.4 Å². The lowest BCUT2D eigenvalue weighted by Crippen LogP contribution is -2.16. The van der Waals surface area contributed by atoms with Crippen molar-refractivity contribution in [2.24, 2.45) is 0 Å².